The van der Waals surface area contributed by atoms with Crippen molar-refractivity contribution >= 4 is 5.91 Å². The first-order valence-corrected chi connectivity index (χ1v) is 6.80. The molecule has 0 spiro atoms. The molecule has 4 nitrogen and oxygen atoms in total. The molecule has 0 unspecified atom stereocenters. The van der Waals surface area contributed by atoms with E-state index in [0.717, 1.165) is 23.4 Å². The summed E-state index contributed by atoms with van der Waals surface area (Å²) in [5.74, 6) is -0.416. The van der Waals surface area contributed by atoms with E-state index in [4.69, 9.17) is 5.73 Å². The standard InChI is InChI=1S/C17H13N3O/c18-17(21)11-7-5-10(6-8-11)15-14-9-12-3-1-2-4-13(12)16(14)20-19-15/h1-8H,9H2,(H2,18,21)(H,19,20). The van der Waals surface area contributed by atoms with Crippen molar-refractivity contribution in [1.29, 1.82) is 0 Å². The van der Waals surface area contributed by atoms with Crippen LogP contribution in [0.2, 0.25) is 0 Å². The number of nitrogens with two attached hydrogens (primary N) is 1. The Kier molecular flexibility index (Phi) is 2.44. The van der Waals surface area contributed by atoms with E-state index in [2.05, 4.69) is 28.4 Å². The maximum atomic E-state index is 11.1. The molecule has 1 heterocycles. The molecule has 0 atom stereocenters. The first-order valence-electron chi connectivity index (χ1n) is 6.80. The molecular weight excluding hydrogens is 262 g/mol. The second-order valence-corrected chi connectivity index (χ2v) is 5.20. The number of primary amides is 1. The Morgan fingerprint density at radius 3 is 2.62 bits per heavy atom. The first-order chi connectivity index (χ1) is 10.2. The second kappa shape index (κ2) is 4.31. The van der Waals surface area contributed by atoms with Gasteiger partial charge in [-0.1, -0.05) is 36.4 Å². The molecule has 0 saturated heterocycles. The predicted octanol–water partition coefficient (Wildman–Crippen LogP) is 2.75. The van der Waals surface area contributed by atoms with Crippen LogP contribution in [0, 0.1) is 0 Å². The summed E-state index contributed by atoms with van der Waals surface area (Å²) in [5, 5.41) is 7.58. The van der Waals surface area contributed by atoms with Gasteiger partial charge in [-0.25, -0.2) is 0 Å². The van der Waals surface area contributed by atoms with Gasteiger partial charge in [0, 0.05) is 28.7 Å². The van der Waals surface area contributed by atoms with Gasteiger partial charge in [-0.05, 0) is 17.7 Å². The Labute approximate surface area is 121 Å². The number of nitrogens with zero attached hydrogens (tertiary/aromatic N) is 1. The number of hydrogen-bond donors (Lipinski definition) is 2. The summed E-state index contributed by atoms with van der Waals surface area (Å²) in [7, 11) is 0. The highest BCUT2D eigenvalue weighted by molar-refractivity contribution is 5.93. The normalized spacial score (nSPS) is 12.0. The lowest BCUT2D eigenvalue weighted by molar-refractivity contribution is 0.100. The van der Waals surface area contributed by atoms with E-state index >= 15 is 0 Å². The monoisotopic (exact) mass is 275 g/mol. The van der Waals surface area contributed by atoms with Gasteiger partial charge in [0.05, 0.1) is 11.4 Å². The zero-order valence-corrected chi connectivity index (χ0v) is 11.3. The highest BCUT2D eigenvalue weighted by Crippen LogP contribution is 2.39. The lowest BCUT2D eigenvalue weighted by Crippen LogP contribution is -2.10. The highest BCUT2D eigenvalue weighted by atomic mass is 16.1. The van der Waals surface area contributed by atoms with Gasteiger partial charge in [0.1, 0.15) is 0 Å². The summed E-state index contributed by atoms with van der Waals surface area (Å²) in [4.78, 5) is 11.1. The molecule has 1 aromatic heterocycles. The average molecular weight is 275 g/mol. The van der Waals surface area contributed by atoms with Crippen LogP contribution in [0.3, 0.4) is 0 Å². The molecular formula is C17H13N3O. The molecule has 102 valence electrons. The van der Waals surface area contributed by atoms with Crippen molar-refractivity contribution in [2.45, 2.75) is 6.42 Å². The molecule has 1 amide bonds. The van der Waals surface area contributed by atoms with Crippen molar-refractivity contribution in [3.8, 4) is 22.5 Å². The van der Waals surface area contributed by atoms with Gasteiger partial charge in [0.15, 0.2) is 0 Å². The van der Waals surface area contributed by atoms with E-state index in [0.29, 0.717) is 5.56 Å². The van der Waals surface area contributed by atoms with E-state index in [1.165, 1.54) is 16.7 Å². The molecule has 1 aliphatic carbocycles. The lowest BCUT2D eigenvalue weighted by atomic mass is 10.0. The third-order valence-corrected chi connectivity index (χ3v) is 3.96. The minimum Gasteiger partial charge on any atom is -0.366 e. The molecule has 21 heavy (non-hydrogen) atoms. The van der Waals surface area contributed by atoms with E-state index in [9.17, 15) is 4.79 Å². The summed E-state index contributed by atoms with van der Waals surface area (Å²) in [5.41, 5.74) is 12.6. The van der Waals surface area contributed by atoms with Crippen molar-refractivity contribution in [2.75, 3.05) is 0 Å². The van der Waals surface area contributed by atoms with Crippen molar-refractivity contribution in [1.82, 2.24) is 10.2 Å². The number of nitrogens with one attached hydrogen (secondary N) is 1. The van der Waals surface area contributed by atoms with Crippen LogP contribution < -0.4 is 5.73 Å². The van der Waals surface area contributed by atoms with Gasteiger partial charge in [-0.3, -0.25) is 9.89 Å². The lowest BCUT2D eigenvalue weighted by Gasteiger charge is -2.01. The Hall–Kier alpha value is -2.88. The van der Waals surface area contributed by atoms with Crippen LogP contribution in [0.1, 0.15) is 21.5 Å². The molecule has 0 radical (unpaired) electrons. The average Bonchev–Trinajstić information content (AvgIpc) is 3.06. The molecule has 1 aliphatic rings. The van der Waals surface area contributed by atoms with E-state index in [1.807, 2.05) is 18.2 Å². The van der Waals surface area contributed by atoms with Gasteiger partial charge in [0.2, 0.25) is 5.91 Å². The van der Waals surface area contributed by atoms with E-state index in [-0.39, 0.29) is 0 Å². The highest BCUT2D eigenvalue weighted by Gasteiger charge is 2.24. The molecule has 3 aromatic rings. The van der Waals surface area contributed by atoms with Gasteiger partial charge in [-0.15, -0.1) is 0 Å². The predicted molar refractivity (Wildman–Crippen MR) is 80.8 cm³/mol. The Bertz CT molecular complexity index is 847. The summed E-state index contributed by atoms with van der Waals surface area (Å²) in [6, 6.07) is 15.6. The quantitative estimate of drug-likeness (QED) is 0.590. The van der Waals surface area contributed by atoms with Crippen LogP contribution in [0.5, 0.6) is 0 Å². The van der Waals surface area contributed by atoms with Gasteiger partial charge >= 0.3 is 0 Å². The number of aromatic amines is 1. The number of aromatic nitrogens is 2. The number of benzene rings is 2. The molecule has 0 fully saturated rings. The number of H-pyrrole nitrogens is 1. The number of hydrogen-bond acceptors (Lipinski definition) is 2. The first kappa shape index (κ1) is 11.9. The molecule has 2 aromatic carbocycles. The van der Waals surface area contributed by atoms with Gasteiger partial charge in [-0.2, -0.15) is 5.10 Å². The third kappa shape index (κ3) is 1.76. The molecule has 4 heteroatoms. The number of rotatable bonds is 2. The molecule has 4 rings (SSSR count). The molecule has 0 aliphatic heterocycles. The maximum absolute atomic E-state index is 11.1. The molecule has 3 N–H and O–H groups in total. The van der Waals surface area contributed by atoms with Crippen LogP contribution in [-0.2, 0) is 6.42 Å². The number of amides is 1. The van der Waals surface area contributed by atoms with Crippen molar-refractivity contribution in [3.05, 3.63) is 65.2 Å². The maximum Gasteiger partial charge on any atom is 0.248 e. The summed E-state index contributed by atoms with van der Waals surface area (Å²) in [6.07, 6.45) is 0.884. The zero-order chi connectivity index (χ0) is 14.4. The number of carbonyl (C=O) groups excluding carboxylic acids is 1. The third-order valence-electron chi connectivity index (χ3n) is 3.96. The van der Waals surface area contributed by atoms with E-state index < -0.39 is 5.91 Å². The largest absolute Gasteiger partial charge is 0.366 e. The fourth-order valence-electron chi connectivity index (χ4n) is 2.90. The molecule has 0 saturated carbocycles. The van der Waals surface area contributed by atoms with Gasteiger partial charge in [0.25, 0.3) is 0 Å². The van der Waals surface area contributed by atoms with Crippen molar-refractivity contribution < 1.29 is 4.79 Å². The number of fused-ring (bicyclic) bond motifs is 3. The van der Waals surface area contributed by atoms with Crippen LogP contribution in [-0.4, -0.2) is 16.1 Å². The summed E-state index contributed by atoms with van der Waals surface area (Å²) >= 11 is 0. The minimum atomic E-state index is -0.416. The number of carbonyl (C=O) groups is 1. The zero-order valence-electron chi connectivity index (χ0n) is 11.3. The van der Waals surface area contributed by atoms with E-state index in [1.54, 1.807) is 12.1 Å². The van der Waals surface area contributed by atoms with Crippen LogP contribution in [0.25, 0.3) is 22.5 Å². The fourth-order valence-corrected chi connectivity index (χ4v) is 2.90. The van der Waals surface area contributed by atoms with Gasteiger partial charge < -0.3 is 5.73 Å². The topological polar surface area (TPSA) is 71.8 Å². The van der Waals surface area contributed by atoms with Crippen LogP contribution in [0.15, 0.2) is 48.5 Å². The summed E-state index contributed by atoms with van der Waals surface area (Å²) < 4.78 is 0. The summed E-state index contributed by atoms with van der Waals surface area (Å²) in [6.45, 7) is 0. The van der Waals surface area contributed by atoms with Crippen LogP contribution >= 0.6 is 0 Å². The SMILES string of the molecule is NC(=O)c1ccc(-c2n[nH]c3c2Cc2ccccc2-3)cc1. The molecule has 0 bridgehead atoms. The minimum absolute atomic E-state index is 0.416. The fraction of sp³-hybridized carbons (Fsp3) is 0.0588. The van der Waals surface area contributed by atoms with Crippen LogP contribution in [0.4, 0.5) is 0 Å². The second-order valence-electron chi connectivity index (χ2n) is 5.20. The Morgan fingerprint density at radius 1 is 1.10 bits per heavy atom. The smallest absolute Gasteiger partial charge is 0.248 e. The Balaban J connectivity index is 1.79. The Morgan fingerprint density at radius 2 is 1.86 bits per heavy atom. The van der Waals surface area contributed by atoms with Crippen molar-refractivity contribution in [3.63, 3.8) is 0 Å². The van der Waals surface area contributed by atoms with Crippen molar-refractivity contribution in [2.24, 2.45) is 5.73 Å².